The lowest BCUT2D eigenvalue weighted by molar-refractivity contribution is 0.0952. The summed E-state index contributed by atoms with van der Waals surface area (Å²) in [6, 6.07) is 20.6. The van der Waals surface area contributed by atoms with Crippen LogP contribution in [-0.4, -0.2) is 48.0 Å². The van der Waals surface area contributed by atoms with Crippen LogP contribution in [0.2, 0.25) is 0 Å². The Labute approximate surface area is 182 Å². The van der Waals surface area contributed by atoms with Crippen molar-refractivity contribution in [3.63, 3.8) is 0 Å². The fraction of sp³-hybridized carbons (Fsp3) is 0.231. The first-order valence-electron chi connectivity index (χ1n) is 10.7. The minimum Gasteiger partial charge on any atom is -0.352 e. The van der Waals surface area contributed by atoms with Gasteiger partial charge >= 0.3 is 0 Å². The largest absolute Gasteiger partial charge is 0.352 e. The van der Waals surface area contributed by atoms with Crippen LogP contribution in [0.3, 0.4) is 0 Å². The van der Waals surface area contributed by atoms with E-state index in [0.717, 1.165) is 41.8 Å². The maximum absolute atomic E-state index is 12.5. The van der Waals surface area contributed by atoms with Crippen molar-refractivity contribution < 1.29 is 4.79 Å². The van der Waals surface area contributed by atoms with Crippen LogP contribution in [0.15, 0.2) is 60.7 Å². The molecule has 0 aliphatic heterocycles. The Morgan fingerprint density at radius 3 is 2.71 bits per heavy atom. The zero-order valence-corrected chi connectivity index (χ0v) is 17.9. The van der Waals surface area contributed by atoms with Crippen molar-refractivity contribution in [3.05, 3.63) is 77.4 Å². The number of imidazole rings is 1. The van der Waals surface area contributed by atoms with Gasteiger partial charge in [0.1, 0.15) is 5.82 Å². The van der Waals surface area contributed by atoms with Gasteiger partial charge in [0.2, 0.25) is 0 Å². The lowest BCUT2D eigenvalue weighted by Crippen LogP contribution is -2.27. The average molecular weight is 411 g/mol. The SMILES string of the molecule is CN(C)CCCNC(=O)c1ccc2nc(-c3cccc4c3-c3ccccc3C4)[nH]c2c1. The molecule has 1 aliphatic rings. The van der Waals surface area contributed by atoms with Crippen LogP contribution < -0.4 is 5.32 Å². The van der Waals surface area contributed by atoms with Gasteiger partial charge in [-0.1, -0.05) is 42.5 Å². The highest BCUT2D eigenvalue weighted by molar-refractivity contribution is 5.98. The number of nitrogens with zero attached hydrogens (tertiary/aromatic N) is 2. The summed E-state index contributed by atoms with van der Waals surface area (Å²) in [4.78, 5) is 22.9. The number of rotatable bonds is 6. The number of amides is 1. The number of fused-ring (bicyclic) bond motifs is 4. The number of aromatic nitrogens is 2. The monoisotopic (exact) mass is 410 g/mol. The van der Waals surface area contributed by atoms with Gasteiger partial charge in [-0.25, -0.2) is 4.98 Å². The Balaban J connectivity index is 1.44. The molecule has 5 heteroatoms. The number of aromatic amines is 1. The molecule has 1 amide bonds. The third-order valence-corrected chi connectivity index (χ3v) is 5.89. The predicted octanol–water partition coefficient (Wildman–Crippen LogP) is 4.48. The summed E-state index contributed by atoms with van der Waals surface area (Å²) in [5.74, 6) is 0.790. The fourth-order valence-corrected chi connectivity index (χ4v) is 4.36. The highest BCUT2D eigenvalue weighted by Crippen LogP contribution is 2.42. The van der Waals surface area contributed by atoms with Crippen molar-refractivity contribution in [3.8, 4) is 22.5 Å². The molecule has 1 aromatic heterocycles. The van der Waals surface area contributed by atoms with E-state index in [2.05, 4.69) is 57.7 Å². The molecule has 0 saturated carbocycles. The van der Waals surface area contributed by atoms with Gasteiger partial charge in [0.05, 0.1) is 11.0 Å². The quantitative estimate of drug-likeness (QED) is 0.406. The molecule has 3 aromatic carbocycles. The molecule has 0 saturated heterocycles. The van der Waals surface area contributed by atoms with Crippen LogP contribution in [0.5, 0.6) is 0 Å². The van der Waals surface area contributed by atoms with Crippen molar-refractivity contribution in [1.82, 2.24) is 20.2 Å². The molecule has 0 unspecified atom stereocenters. The molecule has 1 aliphatic carbocycles. The number of carbonyl (C=O) groups excluding carboxylic acids is 1. The molecule has 0 spiro atoms. The molecule has 0 radical (unpaired) electrons. The van der Waals surface area contributed by atoms with Crippen molar-refractivity contribution in [2.75, 3.05) is 27.2 Å². The van der Waals surface area contributed by atoms with Gasteiger partial charge in [-0.05, 0) is 73.9 Å². The number of benzene rings is 3. The maximum atomic E-state index is 12.5. The van der Waals surface area contributed by atoms with Crippen LogP contribution in [0.25, 0.3) is 33.5 Å². The smallest absolute Gasteiger partial charge is 0.251 e. The lowest BCUT2D eigenvalue weighted by atomic mass is 9.99. The van der Waals surface area contributed by atoms with Gasteiger partial charge in [-0.15, -0.1) is 0 Å². The molecule has 5 nitrogen and oxygen atoms in total. The summed E-state index contributed by atoms with van der Waals surface area (Å²) < 4.78 is 0. The zero-order chi connectivity index (χ0) is 21.4. The molecular formula is C26H26N4O. The molecule has 4 aromatic rings. The van der Waals surface area contributed by atoms with Crippen LogP contribution in [-0.2, 0) is 6.42 Å². The minimum absolute atomic E-state index is 0.0497. The van der Waals surface area contributed by atoms with E-state index in [0.29, 0.717) is 12.1 Å². The van der Waals surface area contributed by atoms with E-state index in [1.165, 1.54) is 22.3 Å². The van der Waals surface area contributed by atoms with Crippen LogP contribution in [0, 0.1) is 0 Å². The molecule has 0 atom stereocenters. The van der Waals surface area contributed by atoms with Gasteiger partial charge in [0.25, 0.3) is 5.91 Å². The van der Waals surface area contributed by atoms with E-state index in [-0.39, 0.29) is 5.91 Å². The topological polar surface area (TPSA) is 61.0 Å². The minimum atomic E-state index is -0.0497. The summed E-state index contributed by atoms with van der Waals surface area (Å²) in [6.07, 6.45) is 1.88. The Morgan fingerprint density at radius 2 is 1.84 bits per heavy atom. The van der Waals surface area contributed by atoms with E-state index in [1.54, 1.807) is 0 Å². The van der Waals surface area contributed by atoms with Crippen molar-refractivity contribution in [1.29, 1.82) is 0 Å². The van der Waals surface area contributed by atoms with E-state index >= 15 is 0 Å². The van der Waals surface area contributed by atoms with E-state index < -0.39 is 0 Å². The van der Waals surface area contributed by atoms with Gasteiger partial charge in [0, 0.05) is 17.7 Å². The molecule has 31 heavy (non-hydrogen) atoms. The molecule has 5 rings (SSSR count). The highest BCUT2D eigenvalue weighted by Gasteiger charge is 2.22. The van der Waals surface area contributed by atoms with E-state index in [9.17, 15) is 4.79 Å². The van der Waals surface area contributed by atoms with Crippen LogP contribution >= 0.6 is 0 Å². The molecular weight excluding hydrogens is 384 g/mol. The molecule has 2 N–H and O–H groups in total. The zero-order valence-electron chi connectivity index (χ0n) is 17.9. The third-order valence-electron chi connectivity index (χ3n) is 5.89. The first-order chi connectivity index (χ1) is 15.1. The first kappa shape index (κ1) is 19.5. The summed E-state index contributed by atoms with van der Waals surface area (Å²) >= 11 is 0. The molecule has 0 bridgehead atoms. The van der Waals surface area contributed by atoms with Gasteiger partial charge in [-0.3, -0.25) is 4.79 Å². The number of carbonyl (C=O) groups is 1. The highest BCUT2D eigenvalue weighted by atomic mass is 16.1. The van der Waals surface area contributed by atoms with Crippen molar-refractivity contribution in [2.45, 2.75) is 12.8 Å². The summed E-state index contributed by atoms with van der Waals surface area (Å²) in [5, 5.41) is 3.00. The Hall–Kier alpha value is -3.44. The predicted molar refractivity (Wildman–Crippen MR) is 125 cm³/mol. The molecule has 156 valence electrons. The second kappa shape index (κ2) is 8.00. The Bertz CT molecular complexity index is 1270. The second-order valence-corrected chi connectivity index (χ2v) is 8.40. The third kappa shape index (κ3) is 3.73. The first-order valence-corrected chi connectivity index (χ1v) is 10.7. The summed E-state index contributed by atoms with van der Waals surface area (Å²) in [5.41, 5.74) is 8.72. The fourth-order valence-electron chi connectivity index (χ4n) is 4.36. The summed E-state index contributed by atoms with van der Waals surface area (Å²) in [7, 11) is 4.07. The molecule has 1 heterocycles. The lowest BCUT2D eigenvalue weighted by Gasteiger charge is -2.09. The van der Waals surface area contributed by atoms with E-state index in [4.69, 9.17) is 4.98 Å². The van der Waals surface area contributed by atoms with E-state index in [1.807, 2.05) is 32.3 Å². The van der Waals surface area contributed by atoms with Gasteiger partial charge < -0.3 is 15.2 Å². The second-order valence-electron chi connectivity index (χ2n) is 8.40. The molecule has 0 fully saturated rings. The van der Waals surface area contributed by atoms with Crippen molar-refractivity contribution in [2.24, 2.45) is 0 Å². The number of hydrogen-bond donors (Lipinski definition) is 2. The average Bonchev–Trinajstić information content (AvgIpc) is 3.37. The van der Waals surface area contributed by atoms with Crippen molar-refractivity contribution >= 4 is 16.9 Å². The van der Waals surface area contributed by atoms with Crippen LogP contribution in [0.4, 0.5) is 0 Å². The normalized spacial score (nSPS) is 12.2. The Kier molecular flexibility index (Phi) is 5.04. The van der Waals surface area contributed by atoms with Gasteiger partial charge in [0.15, 0.2) is 0 Å². The number of H-pyrrole nitrogens is 1. The Morgan fingerprint density at radius 1 is 1.03 bits per heavy atom. The standard InChI is InChI=1S/C26H26N4O/c1-30(2)14-6-13-27-26(31)19-11-12-22-23(16-19)29-25(28-22)21-10-5-8-18-15-17-7-3-4-9-20(17)24(18)21/h3-5,7-12,16H,6,13-15H2,1-2H3,(H,27,31)(H,28,29). The van der Waals surface area contributed by atoms with Gasteiger partial charge in [-0.2, -0.15) is 0 Å². The summed E-state index contributed by atoms with van der Waals surface area (Å²) in [6.45, 7) is 1.62. The number of nitrogens with one attached hydrogen (secondary N) is 2. The maximum Gasteiger partial charge on any atom is 0.251 e. The number of hydrogen-bond acceptors (Lipinski definition) is 3. The van der Waals surface area contributed by atoms with Crippen LogP contribution in [0.1, 0.15) is 27.9 Å².